The van der Waals surface area contributed by atoms with Gasteiger partial charge in [-0.3, -0.25) is 4.79 Å². The highest BCUT2D eigenvalue weighted by Gasteiger charge is 2.64. The fraction of sp³-hybridized carbons (Fsp3) is 0.897. The first-order chi connectivity index (χ1) is 15.7. The van der Waals surface area contributed by atoms with Gasteiger partial charge in [0.25, 0.3) is 0 Å². The van der Waals surface area contributed by atoms with Gasteiger partial charge in [-0.1, -0.05) is 20.8 Å². The van der Waals surface area contributed by atoms with E-state index in [0.717, 1.165) is 43.4 Å². The molecule has 33 heavy (non-hydrogen) atoms. The molecule has 10 atom stereocenters. The summed E-state index contributed by atoms with van der Waals surface area (Å²) < 4.78 is 12.3. The molecule has 5 aliphatic rings. The molecule has 0 amide bonds. The first kappa shape index (κ1) is 23.7. The number of aliphatic hydroxyl groups is 1. The van der Waals surface area contributed by atoms with Crippen molar-refractivity contribution >= 4 is 5.97 Å². The third-order valence-electron chi connectivity index (χ3n) is 11.3. The zero-order valence-corrected chi connectivity index (χ0v) is 21.6. The summed E-state index contributed by atoms with van der Waals surface area (Å²) >= 11 is 0. The van der Waals surface area contributed by atoms with E-state index in [1.807, 2.05) is 0 Å². The van der Waals surface area contributed by atoms with E-state index in [9.17, 15) is 9.90 Å². The first-order valence-corrected chi connectivity index (χ1v) is 13.8. The fourth-order valence-electron chi connectivity index (χ4n) is 9.61. The third-order valence-corrected chi connectivity index (χ3v) is 11.3. The van der Waals surface area contributed by atoms with Crippen molar-refractivity contribution in [2.75, 3.05) is 6.61 Å². The summed E-state index contributed by atoms with van der Waals surface area (Å²) in [6.07, 6.45) is 12.4. The Kier molecular flexibility index (Phi) is 6.16. The maximum absolute atomic E-state index is 11.5. The maximum Gasteiger partial charge on any atom is 0.302 e. The largest absolute Gasteiger partial charge is 0.494 e. The van der Waals surface area contributed by atoms with E-state index < -0.39 is 0 Å². The SMILES string of the molecule is CC(=O)O[C@H]1CC[C@]2(C)C3CC[C@@]4(C)C(C[C@@H]5OC(CC[C@@H](C)CO)=C(C)[C@@H]54)[C@@H]3CC[C@H]2C1. The van der Waals surface area contributed by atoms with Crippen molar-refractivity contribution < 1.29 is 19.4 Å². The summed E-state index contributed by atoms with van der Waals surface area (Å²) in [4.78, 5) is 11.5. The van der Waals surface area contributed by atoms with Gasteiger partial charge < -0.3 is 14.6 Å². The Bertz CT molecular complexity index is 803. The van der Waals surface area contributed by atoms with Crippen molar-refractivity contribution in [3.05, 3.63) is 11.3 Å². The molecule has 1 N–H and O–H groups in total. The molecule has 0 spiro atoms. The molecule has 4 fully saturated rings. The second kappa shape index (κ2) is 8.57. The Morgan fingerprint density at radius 2 is 1.88 bits per heavy atom. The molecule has 186 valence electrons. The van der Waals surface area contributed by atoms with Gasteiger partial charge in [0, 0.05) is 25.9 Å². The molecule has 0 aromatic heterocycles. The molecule has 0 bridgehead atoms. The van der Waals surface area contributed by atoms with Crippen LogP contribution in [0.25, 0.3) is 0 Å². The Balaban J connectivity index is 1.32. The highest BCUT2D eigenvalue weighted by molar-refractivity contribution is 5.66. The third kappa shape index (κ3) is 3.78. The Hall–Kier alpha value is -1.03. The van der Waals surface area contributed by atoms with Gasteiger partial charge in [-0.25, -0.2) is 0 Å². The number of ether oxygens (including phenoxy) is 2. The second-order valence-corrected chi connectivity index (χ2v) is 13.0. The Morgan fingerprint density at radius 1 is 1.12 bits per heavy atom. The quantitative estimate of drug-likeness (QED) is 0.493. The van der Waals surface area contributed by atoms with E-state index in [4.69, 9.17) is 9.47 Å². The lowest BCUT2D eigenvalue weighted by Gasteiger charge is -2.61. The highest BCUT2D eigenvalue weighted by Crippen LogP contribution is 2.69. The van der Waals surface area contributed by atoms with Crippen molar-refractivity contribution in [1.29, 1.82) is 0 Å². The van der Waals surface area contributed by atoms with Crippen LogP contribution in [0.5, 0.6) is 0 Å². The van der Waals surface area contributed by atoms with Gasteiger partial charge >= 0.3 is 5.97 Å². The summed E-state index contributed by atoms with van der Waals surface area (Å²) in [5.74, 6) is 5.20. The number of hydrogen-bond acceptors (Lipinski definition) is 4. The van der Waals surface area contributed by atoms with Gasteiger partial charge in [0.15, 0.2) is 0 Å². The normalized spacial score (nSPS) is 47.2. The summed E-state index contributed by atoms with van der Waals surface area (Å²) in [7, 11) is 0. The summed E-state index contributed by atoms with van der Waals surface area (Å²) in [5, 5.41) is 9.42. The molecular weight excluding hydrogens is 412 g/mol. The number of esters is 1. The van der Waals surface area contributed by atoms with Crippen LogP contribution >= 0.6 is 0 Å². The smallest absolute Gasteiger partial charge is 0.302 e. The molecule has 0 aromatic carbocycles. The molecule has 0 saturated heterocycles. The van der Waals surface area contributed by atoms with E-state index in [-0.39, 0.29) is 18.7 Å². The van der Waals surface area contributed by atoms with Crippen LogP contribution in [0.15, 0.2) is 11.3 Å². The van der Waals surface area contributed by atoms with Crippen molar-refractivity contribution in [1.82, 2.24) is 0 Å². The van der Waals surface area contributed by atoms with E-state index in [1.54, 1.807) is 6.92 Å². The molecule has 1 aliphatic heterocycles. The summed E-state index contributed by atoms with van der Waals surface area (Å²) in [5.41, 5.74) is 2.31. The maximum atomic E-state index is 11.5. The molecule has 5 rings (SSSR count). The van der Waals surface area contributed by atoms with Crippen LogP contribution in [0.1, 0.15) is 98.8 Å². The molecule has 0 aromatic rings. The number of aliphatic hydroxyl groups excluding tert-OH is 1. The predicted molar refractivity (Wildman–Crippen MR) is 129 cm³/mol. The number of carbonyl (C=O) groups excluding carboxylic acids is 1. The van der Waals surface area contributed by atoms with Crippen molar-refractivity contribution in [2.24, 2.45) is 46.3 Å². The van der Waals surface area contributed by atoms with Gasteiger partial charge in [-0.05, 0) is 111 Å². The average molecular weight is 459 g/mol. The minimum Gasteiger partial charge on any atom is -0.494 e. The minimum absolute atomic E-state index is 0.114. The monoisotopic (exact) mass is 458 g/mol. The van der Waals surface area contributed by atoms with Gasteiger partial charge in [0.1, 0.15) is 12.2 Å². The fourth-order valence-corrected chi connectivity index (χ4v) is 9.61. The topological polar surface area (TPSA) is 55.8 Å². The second-order valence-electron chi connectivity index (χ2n) is 13.0. The molecule has 2 unspecified atom stereocenters. The van der Waals surface area contributed by atoms with Crippen LogP contribution in [-0.4, -0.2) is 29.9 Å². The molecule has 1 heterocycles. The number of hydrogen-bond donors (Lipinski definition) is 1. The lowest BCUT2D eigenvalue weighted by molar-refractivity contribution is -0.159. The number of fused-ring (bicyclic) bond motifs is 7. The molecule has 0 radical (unpaired) electrons. The van der Waals surface area contributed by atoms with Crippen LogP contribution in [0.2, 0.25) is 0 Å². The van der Waals surface area contributed by atoms with Crippen LogP contribution in [0, 0.1) is 46.3 Å². The Labute approximate surface area is 200 Å². The molecular formula is C29H46O4. The van der Waals surface area contributed by atoms with E-state index in [2.05, 4.69) is 27.7 Å². The standard InChI is InChI=1S/C29H46O4/c1-17(16-30)6-9-25-18(2)27-26(33-25)15-24-22-8-7-20-14-21(32-19(3)31)10-12-28(20,4)23(22)11-13-29(24,27)5/h17,20-24,26-27,30H,6-16H2,1-5H3/t17-,20+,21+,22-,23?,24?,26+,27+,28+,29+/m1/s1. The van der Waals surface area contributed by atoms with Gasteiger partial charge in [-0.2, -0.15) is 0 Å². The lowest BCUT2D eigenvalue weighted by Crippen LogP contribution is -2.54. The average Bonchev–Trinajstić information content (AvgIpc) is 3.25. The van der Waals surface area contributed by atoms with E-state index in [1.165, 1.54) is 49.9 Å². The van der Waals surface area contributed by atoms with Crippen LogP contribution < -0.4 is 0 Å². The van der Waals surface area contributed by atoms with Crippen LogP contribution in [0.4, 0.5) is 0 Å². The highest BCUT2D eigenvalue weighted by atomic mass is 16.5. The number of allylic oxidation sites excluding steroid dienone is 1. The number of carbonyl (C=O) groups is 1. The van der Waals surface area contributed by atoms with E-state index in [0.29, 0.717) is 34.7 Å². The van der Waals surface area contributed by atoms with Gasteiger partial charge in [-0.15, -0.1) is 0 Å². The zero-order chi connectivity index (χ0) is 23.5. The van der Waals surface area contributed by atoms with Crippen molar-refractivity contribution in [3.8, 4) is 0 Å². The Morgan fingerprint density at radius 3 is 2.61 bits per heavy atom. The lowest BCUT2D eigenvalue weighted by atomic mass is 9.44. The summed E-state index contributed by atoms with van der Waals surface area (Å²) in [6, 6.07) is 0. The molecule has 4 saturated carbocycles. The van der Waals surface area contributed by atoms with Crippen molar-refractivity contribution in [2.45, 2.75) is 111 Å². The molecule has 4 heteroatoms. The van der Waals surface area contributed by atoms with Gasteiger partial charge in [0.2, 0.25) is 0 Å². The molecule has 4 nitrogen and oxygen atoms in total. The minimum atomic E-state index is -0.114. The molecule has 4 aliphatic carbocycles. The van der Waals surface area contributed by atoms with Crippen molar-refractivity contribution in [3.63, 3.8) is 0 Å². The van der Waals surface area contributed by atoms with Gasteiger partial charge in [0.05, 0.1) is 5.76 Å². The predicted octanol–water partition coefficient (Wildman–Crippen LogP) is 6.27. The van der Waals surface area contributed by atoms with Crippen LogP contribution in [0.3, 0.4) is 0 Å². The summed E-state index contributed by atoms with van der Waals surface area (Å²) in [6.45, 7) is 11.5. The van der Waals surface area contributed by atoms with Crippen LogP contribution in [-0.2, 0) is 14.3 Å². The first-order valence-electron chi connectivity index (χ1n) is 13.8. The number of rotatable bonds is 5. The zero-order valence-electron chi connectivity index (χ0n) is 21.6. The van der Waals surface area contributed by atoms with E-state index >= 15 is 0 Å².